The summed E-state index contributed by atoms with van der Waals surface area (Å²) in [4.78, 5) is 12.4. The average molecular weight is 319 g/mol. The minimum Gasteiger partial charge on any atom is -0.497 e. The molecule has 0 aromatic heterocycles. The molecule has 3 aromatic rings. The highest BCUT2D eigenvalue weighted by Gasteiger charge is 2.15. The molecule has 1 amide bonds. The number of hydrogen-bond acceptors (Lipinski definition) is 2. The number of benzene rings is 3. The zero-order chi connectivity index (χ0) is 16.9. The van der Waals surface area contributed by atoms with Gasteiger partial charge in [-0.25, -0.2) is 0 Å². The third-order valence-electron chi connectivity index (χ3n) is 4.27. The van der Waals surface area contributed by atoms with Gasteiger partial charge in [0.15, 0.2) is 0 Å². The molecular formula is C21H21NO2. The number of fused-ring (bicyclic) bond motifs is 1. The maximum absolute atomic E-state index is 12.4. The van der Waals surface area contributed by atoms with Crippen LogP contribution in [0.15, 0.2) is 66.7 Å². The van der Waals surface area contributed by atoms with E-state index in [0.29, 0.717) is 6.54 Å². The molecule has 0 aliphatic heterocycles. The van der Waals surface area contributed by atoms with E-state index in [2.05, 4.69) is 11.4 Å². The van der Waals surface area contributed by atoms with Crippen LogP contribution in [0.3, 0.4) is 0 Å². The third kappa shape index (κ3) is 3.57. The second-order valence-electron chi connectivity index (χ2n) is 5.90. The van der Waals surface area contributed by atoms with Gasteiger partial charge in [-0.05, 0) is 41.0 Å². The second-order valence-corrected chi connectivity index (χ2v) is 5.90. The van der Waals surface area contributed by atoms with Gasteiger partial charge >= 0.3 is 0 Å². The Morgan fingerprint density at radius 2 is 1.71 bits per heavy atom. The van der Waals surface area contributed by atoms with E-state index < -0.39 is 0 Å². The summed E-state index contributed by atoms with van der Waals surface area (Å²) in [6.07, 6.45) is 0. The molecule has 3 aromatic carbocycles. The number of methoxy groups -OCH3 is 1. The van der Waals surface area contributed by atoms with Gasteiger partial charge < -0.3 is 10.1 Å². The average Bonchev–Trinajstić information content (AvgIpc) is 2.65. The second kappa shape index (κ2) is 7.18. The third-order valence-corrected chi connectivity index (χ3v) is 4.27. The molecule has 122 valence electrons. The number of nitrogens with one attached hydrogen (secondary N) is 1. The first-order chi connectivity index (χ1) is 11.7. The molecule has 1 N–H and O–H groups in total. The van der Waals surface area contributed by atoms with Crippen molar-refractivity contribution in [2.24, 2.45) is 0 Å². The minimum absolute atomic E-state index is 0.0340. The number of carbonyl (C=O) groups excluding carboxylic acids is 1. The molecule has 0 heterocycles. The number of ether oxygens (including phenoxy) is 1. The van der Waals surface area contributed by atoms with E-state index in [-0.39, 0.29) is 11.8 Å². The van der Waals surface area contributed by atoms with Gasteiger partial charge in [-0.2, -0.15) is 0 Å². The minimum atomic E-state index is -0.194. The SMILES string of the molecule is COc1ccc2cc([C@H](C)C(=O)NCc3ccccc3)ccc2c1. The van der Waals surface area contributed by atoms with Crippen molar-refractivity contribution in [1.29, 1.82) is 0 Å². The topological polar surface area (TPSA) is 38.3 Å². The van der Waals surface area contributed by atoms with Gasteiger partial charge in [-0.3, -0.25) is 4.79 Å². The number of hydrogen-bond donors (Lipinski definition) is 1. The van der Waals surface area contributed by atoms with Gasteiger partial charge in [-0.1, -0.05) is 54.6 Å². The fourth-order valence-electron chi connectivity index (χ4n) is 2.73. The largest absolute Gasteiger partial charge is 0.497 e. The zero-order valence-corrected chi connectivity index (χ0v) is 14.0. The summed E-state index contributed by atoms with van der Waals surface area (Å²) in [5.74, 6) is 0.677. The lowest BCUT2D eigenvalue weighted by atomic mass is 9.97. The standard InChI is InChI=1S/C21H21NO2/c1-15(21(23)22-14-16-6-4-3-5-7-16)17-8-9-19-13-20(24-2)11-10-18(19)12-17/h3-13,15H,14H2,1-2H3,(H,22,23)/t15-/m0/s1. The first-order valence-electron chi connectivity index (χ1n) is 8.07. The van der Waals surface area contributed by atoms with E-state index in [4.69, 9.17) is 4.74 Å². The van der Waals surface area contributed by atoms with Crippen molar-refractivity contribution in [3.8, 4) is 5.75 Å². The van der Waals surface area contributed by atoms with Crippen molar-refractivity contribution in [2.75, 3.05) is 7.11 Å². The van der Waals surface area contributed by atoms with E-state index >= 15 is 0 Å². The van der Waals surface area contributed by atoms with Crippen LogP contribution in [-0.2, 0) is 11.3 Å². The summed E-state index contributed by atoms with van der Waals surface area (Å²) in [6, 6.07) is 22.0. The van der Waals surface area contributed by atoms with Crippen molar-refractivity contribution in [3.05, 3.63) is 77.9 Å². The van der Waals surface area contributed by atoms with Crippen LogP contribution in [0.2, 0.25) is 0 Å². The zero-order valence-electron chi connectivity index (χ0n) is 14.0. The van der Waals surface area contributed by atoms with Gasteiger partial charge in [0.05, 0.1) is 13.0 Å². The molecule has 0 aliphatic rings. The summed E-state index contributed by atoms with van der Waals surface area (Å²) in [5, 5.41) is 5.22. The smallest absolute Gasteiger partial charge is 0.227 e. The van der Waals surface area contributed by atoms with Crippen molar-refractivity contribution < 1.29 is 9.53 Å². The Bertz CT molecular complexity index is 843. The molecule has 0 radical (unpaired) electrons. The molecule has 1 atom stereocenters. The van der Waals surface area contributed by atoms with Gasteiger partial charge in [0.25, 0.3) is 0 Å². The normalized spacial score (nSPS) is 11.9. The maximum Gasteiger partial charge on any atom is 0.227 e. The fourth-order valence-corrected chi connectivity index (χ4v) is 2.73. The van der Waals surface area contributed by atoms with Crippen LogP contribution in [-0.4, -0.2) is 13.0 Å². The van der Waals surface area contributed by atoms with E-state index in [0.717, 1.165) is 27.6 Å². The molecule has 0 fully saturated rings. The molecule has 3 heteroatoms. The highest BCUT2D eigenvalue weighted by atomic mass is 16.5. The Morgan fingerprint density at radius 1 is 1.00 bits per heavy atom. The van der Waals surface area contributed by atoms with Gasteiger partial charge in [0.2, 0.25) is 5.91 Å². The fraction of sp³-hybridized carbons (Fsp3) is 0.190. The monoisotopic (exact) mass is 319 g/mol. The summed E-state index contributed by atoms with van der Waals surface area (Å²) < 4.78 is 5.25. The van der Waals surface area contributed by atoms with E-state index in [1.165, 1.54) is 0 Å². The summed E-state index contributed by atoms with van der Waals surface area (Å²) in [7, 11) is 1.66. The summed E-state index contributed by atoms with van der Waals surface area (Å²) in [5.41, 5.74) is 2.11. The first kappa shape index (κ1) is 16.1. The highest BCUT2D eigenvalue weighted by Crippen LogP contribution is 2.25. The molecule has 0 aliphatic carbocycles. The van der Waals surface area contributed by atoms with Crippen LogP contribution < -0.4 is 10.1 Å². The molecule has 0 saturated carbocycles. The Kier molecular flexibility index (Phi) is 4.80. The highest BCUT2D eigenvalue weighted by molar-refractivity contribution is 5.88. The molecule has 24 heavy (non-hydrogen) atoms. The number of amides is 1. The molecule has 3 rings (SSSR count). The lowest BCUT2D eigenvalue weighted by Crippen LogP contribution is -2.27. The molecule has 0 bridgehead atoms. The van der Waals surface area contributed by atoms with Crippen LogP contribution in [0, 0.1) is 0 Å². The predicted molar refractivity (Wildman–Crippen MR) is 97.2 cm³/mol. The van der Waals surface area contributed by atoms with Crippen LogP contribution >= 0.6 is 0 Å². The number of carbonyl (C=O) groups is 1. The number of rotatable bonds is 5. The molecule has 3 nitrogen and oxygen atoms in total. The van der Waals surface area contributed by atoms with Crippen molar-refractivity contribution >= 4 is 16.7 Å². The van der Waals surface area contributed by atoms with Crippen molar-refractivity contribution in [1.82, 2.24) is 5.32 Å². The van der Waals surface area contributed by atoms with E-state index in [1.807, 2.05) is 67.6 Å². The quantitative estimate of drug-likeness (QED) is 0.763. The maximum atomic E-state index is 12.4. The Labute approximate surface area is 142 Å². The van der Waals surface area contributed by atoms with Crippen LogP contribution in [0.4, 0.5) is 0 Å². The molecule has 0 saturated heterocycles. The lowest BCUT2D eigenvalue weighted by Gasteiger charge is -2.14. The lowest BCUT2D eigenvalue weighted by molar-refractivity contribution is -0.122. The molecular weight excluding hydrogens is 298 g/mol. The Hall–Kier alpha value is -2.81. The van der Waals surface area contributed by atoms with E-state index in [9.17, 15) is 4.79 Å². The summed E-state index contributed by atoms with van der Waals surface area (Å²) >= 11 is 0. The van der Waals surface area contributed by atoms with Gasteiger partial charge in [0, 0.05) is 6.54 Å². The van der Waals surface area contributed by atoms with Gasteiger partial charge in [-0.15, -0.1) is 0 Å². The van der Waals surface area contributed by atoms with Crippen LogP contribution in [0.25, 0.3) is 10.8 Å². The van der Waals surface area contributed by atoms with Gasteiger partial charge in [0.1, 0.15) is 5.75 Å². The van der Waals surface area contributed by atoms with Crippen LogP contribution in [0.5, 0.6) is 5.75 Å². The van der Waals surface area contributed by atoms with Crippen molar-refractivity contribution in [3.63, 3.8) is 0 Å². The van der Waals surface area contributed by atoms with Crippen LogP contribution in [0.1, 0.15) is 24.0 Å². The predicted octanol–water partition coefficient (Wildman–Crippen LogP) is 4.27. The molecule has 0 spiro atoms. The Balaban J connectivity index is 1.72. The van der Waals surface area contributed by atoms with E-state index in [1.54, 1.807) is 7.11 Å². The Morgan fingerprint density at radius 3 is 2.46 bits per heavy atom. The first-order valence-corrected chi connectivity index (χ1v) is 8.07. The molecule has 0 unspecified atom stereocenters. The summed E-state index contributed by atoms with van der Waals surface area (Å²) in [6.45, 7) is 2.49. The van der Waals surface area contributed by atoms with Crippen molar-refractivity contribution in [2.45, 2.75) is 19.4 Å².